The molecule has 6 aromatic rings. The summed E-state index contributed by atoms with van der Waals surface area (Å²) in [7, 11) is 0. The molecular weight excluding hydrogens is 476 g/mol. The second-order valence-corrected chi connectivity index (χ2v) is 9.53. The molecule has 9 nitrogen and oxygen atoms in total. The Morgan fingerprint density at radius 2 is 1.66 bits per heavy atom. The lowest BCUT2D eigenvalue weighted by molar-refractivity contribution is 0.237. The smallest absolute Gasteiger partial charge is 0.138 e. The van der Waals surface area contributed by atoms with E-state index in [-0.39, 0.29) is 0 Å². The van der Waals surface area contributed by atoms with Crippen molar-refractivity contribution in [1.29, 1.82) is 0 Å². The van der Waals surface area contributed by atoms with Crippen LogP contribution in [0.4, 0.5) is 0 Å². The summed E-state index contributed by atoms with van der Waals surface area (Å²) >= 11 is 0. The molecular formula is C29H26N8O. The van der Waals surface area contributed by atoms with Crippen molar-refractivity contribution in [3.05, 3.63) is 73.6 Å². The lowest BCUT2D eigenvalue weighted by Gasteiger charge is -2.15. The molecule has 1 aliphatic heterocycles. The number of hydrogen-bond donors (Lipinski definition) is 2. The molecule has 0 unspecified atom stereocenters. The van der Waals surface area contributed by atoms with Crippen LogP contribution in [-0.4, -0.2) is 66.3 Å². The number of nitrogens with zero attached hydrogens (tertiary/aromatic N) is 6. The third-order valence-electron chi connectivity index (χ3n) is 7.09. The van der Waals surface area contributed by atoms with Crippen molar-refractivity contribution in [2.75, 3.05) is 26.2 Å². The minimum Gasteiger partial charge on any atom is -0.491 e. The van der Waals surface area contributed by atoms with Crippen molar-refractivity contribution in [3.63, 3.8) is 0 Å². The van der Waals surface area contributed by atoms with Gasteiger partial charge in [-0.05, 0) is 62.3 Å². The van der Waals surface area contributed by atoms with Crippen molar-refractivity contribution >= 4 is 21.8 Å². The van der Waals surface area contributed by atoms with Gasteiger partial charge in [-0.3, -0.25) is 29.9 Å². The molecule has 0 aromatic carbocycles. The summed E-state index contributed by atoms with van der Waals surface area (Å²) in [5.41, 5.74) is 7.23. The standard InChI is InChI=1S/C29H26N8O/c1-2-10-37(9-1)11-12-38-21-13-20(16-31-17-21)25-14-23-27(18-33-25)35-36-29(23)26-15-22-24(34-26)5-8-32-28(22)19-3-6-30-7-4-19/h3-8,13-18,34H,1-2,9-12H2,(H,35,36). The summed E-state index contributed by atoms with van der Waals surface area (Å²) in [6, 6.07) is 12.1. The van der Waals surface area contributed by atoms with E-state index in [1.54, 1.807) is 18.6 Å². The monoisotopic (exact) mass is 502 g/mol. The van der Waals surface area contributed by atoms with Gasteiger partial charge in [-0.1, -0.05) is 0 Å². The van der Waals surface area contributed by atoms with Crippen molar-refractivity contribution in [3.8, 4) is 39.7 Å². The van der Waals surface area contributed by atoms with E-state index in [2.05, 4.69) is 46.1 Å². The lowest BCUT2D eigenvalue weighted by atomic mass is 10.1. The minimum atomic E-state index is 0.653. The molecule has 1 fully saturated rings. The molecule has 0 aliphatic carbocycles. The Morgan fingerprint density at radius 1 is 0.789 bits per heavy atom. The summed E-state index contributed by atoms with van der Waals surface area (Å²) in [5.74, 6) is 0.753. The molecule has 1 aliphatic rings. The maximum atomic E-state index is 6.01. The zero-order valence-corrected chi connectivity index (χ0v) is 20.8. The number of aromatic amines is 2. The minimum absolute atomic E-state index is 0.653. The molecule has 188 valence electrons. The van der Waals surface area contributed by atoms with Gasteiger partial charge < -0.3 is 9.72 Å². The van der Waals surface area contributed by atoms with Gasteiger partial charge in [0, 0.05) is 58.7 Å². The fraction of sp³-hybridized carbons (Fsp3) is 0.207. The predicted octanol–water partition coefficient (Wildman–Crippen LogP) is 5.10. The molecule has 0 saturated carbocycles. The maximum absolute atomic E-state index is 6.01. The molecule has 6 aromatic heterocycles. The Morgan fingerprint density at radius 3 is 2.55 bits per heavy atom. The van der Waals surface area contributed by atoms with E-state index < -0.39 is 0 Å². The van der Waals surface area contributed by atoms with Gasteiger partial charge in [-0.15, -0.1) is 0 Å². The van der Waals surface area contributed by atoms with Gasteiger partial charge in [0.15, 0.2) is 0 Å². The van der Waals surface area contributed by atoms with E-state index in [9.17, 15) is 0 Å². The third kappa shape index (κ3) is 4.26. The molecule has 9 heteroatoms. The van der Waals surface area contributed by atoms with E-state index in [0.29, 0.717) is 6.61 Å². The Hall–Kier alpha value is -4.63. The Bertz CT molecular complexity index is 1720. The van der Waals surface area contributed by atoms with Crippen molar-refractivity contribution < 1.29 is 4.74 Å². The average molecular weight is 503 g/mol. The summed E-state index contributed by atoms with van der Waals surface area (Å²) in [5, 5.41) is 9.75. The summed E-state index contributed by atoms with van der Waals surface area (Å²) in [4.78, 5) is 23.8. The van der Waals surface area contributed by atoms with Gasteiger partial charge >= 0.3 is 0 Å². The molecule has 0 amide bonds. The van der Waals surface area contributed by atoms with E-state index in [0.717, 1.165) is 81.1 Å². The summed E-state index contributed by atoms with van der Waals surface area (Å²) in [6.07, 6.45) is 13.3. The van der Waals surface area contributed by atoms with Crippen LogP contribution in [0.3, 0.4) is 0 Å². The van der Waals surface area contributed by atoms with Crippen LogP contribution in [0.15, 0.2) is 73.6 Å². The first kappa shape index (κ1) is 22.6. The largest absolute Gasteiger partial charge is 0.491 e. The highest BCUT2D eigenvalue weighted by molar-refractivity contribution is 6.00. The number of hydrogen-bond acceptors (Lipinski definition) is 7. The number of aromatic nitrogens is 7. The number of likely N-dealkylation sites (tertiary alicyclic amines) is 1. The van der Waals surface area contributed by atoms with E-state index >= 15 is 0 Å². The van der Waals surface area contributed by atoms with Crippen LogP contribution in [0, 0.1) is 0 Å². The Labute approximate surface area is 219 Å². The van der Waals surface area contributed by atoms with E-state index in [1.807, 2.05) is 48.9 Å². The molecule has 2 N–H and O–H groups in total. The van der Waals surface area contributed by atoms with Crippen molar-refractivity contribution in [2.24, 2.45) is 0 Å². The Kier molecular flexibility index (Phi) is 5.75. The van der Waals surface area contributed by atoms with E-state index in [1.165, 1.54) is 12.8 Å². The number of nitrogens with one attached hydrogen (secondary N) is 2. The number of H-pyrrole nitrogens is 2. The first-order valence-corrected chi connectivity index (χ1v) is 12.8. The molecule has 0 radical (unpaired) electrons. The summed E-state index contributed by atoms with van der Waals surface area (Å²) < 4.78 is 6.01. The van der Waals surface area contributed by atoms with Crippen LogP contribution in [0.2, 0.25) is 0 Å². The Balaban J connectivity index is 1.20. The van der Waals surface area contributed by atoms with Crippen molar-refractivity contribution in [2.45, 2.75) is 12.8 Å². The van der Waals surface area contributed by atoms with Crippen molar-refractivity contribution in [1.82, 2.24) is 40.0 Å². The fourth-order valence-corrected chi connectivity index (χ4v) is 5.14. The SMILES string of the molecule is c1cc(-c2nccc3[nH]c(-c4n[nH]c5cnc(-c6cncc(OCCN7CCCC7)c6)cc45)cc23)ccn1. The highest BCUT2D eigenvalue weighted by Gasteiger charge is 2.16. The van der Waals surface area contributed by atoms with Gasteiger partial charge in [-0.25, -0.2) is 0 Å². The van der Waals surface area contributed by atoms with Gasteiger partial charge in [0.05, 0.1) is 35.0 Å². The molecule has 0 atom stereocenters. The maximum Gasteiger partial charge on any atom is 0.138 e. The first-order chi connectivity index (χ1) is 18.8. The molecule has 0 spiro atoms. The second kappa shape index (κ2) is 9.68. The van der Waals surface area contributed by atoms with Crippen LogP contribution < -0.4 is 4.74 Å². The molecule has 0 bridgehead atoms. The molecule has 1 saturated heterocycles. The number of ether oxygens (including phenoxy) is 1. The quantitative estimate of drug-likeness (QED) is 0.313. The normalized spacial score (nSPS) is 14.0. The molecule has 7 rings (SSSR count). The first-order valence-electron chi connectivity index (χ1n) is 12.8. The van der Waals surface area contributed by atoms with E-state index in [4.69, 9.17) is 4.74 Å². The van der Waals surface area contributed by atoms with Crippen LogP contribution in [0.5, 0.6) is 5.75 Å². The second-order valence-electron chi connectivity index (χ2n) is 9.53. The topological polar surface area (TPSA) is 108 Å². The van der Waals surface area contributed by atoms with Crippen LogP contribution in [-0.2, 0) is 0 Å². The fourth-order valence-electron chi connectivity index (χ4n) is 5.14. The zero-order chi connectivity index (χ0) is 25.3. The zero-order valence-electron chi connectivity index (χ0n) is 20.8. The number of rotatable bonds is 7. The van der Waals surface area contributed by atoms with Crippen LogP contribution in [0.1, 0.15) is 12.8 Å². The third-order valence-corrected chi connectivity index (χ3v) is 7.09. The van der Waals surface area contributed by atoms with Crippen LogP contribution in [0.25, 0.3) is 55.7 Å². The highest BCUT2D eigenvalue weighted by Crippen LogP contribution is 2.34. The number of pyridine rings is 4. The van der Waals surface area contributed by atoms with Gasteiger partial charge in [0.25, 0.3) is 0 Å². The van der Waals surface area contributed by atoms with Gasteiger partial charge in [-0.2, -0.15) is 5.10 Å². The lowest BCUT2D eigenvalue weighted by Crippen LogP contribution is -2.25. The van der Waals surface area contributed by atoms with Gasteiger partial charge in [0.2, 0.25) is 0 Å². The van der Waals surface area contributed by atoms with Crippen LogP contribution >= 0.6 is 0 Å². The summed E-state index contributed by atoms with van der Waals surface area (Å²) in [6.45, 7) is 3.92. The molecule has 38 heavy (non-hydrogen) atoms. The highest BCUT2D eigenvalue weighted by atomic mass is 16.5. The number of fused-ring (bicyclic) bond motifs is 2. The average Bonchev–Trinajstić information content (AvgIpc) is 3.73. The predicted molar refractivity (Wildman–Crippen MR) is 147 cm³/mol. The molecule has 7 heterocycles. The van der Waals surface area contributed by atoms with Gasteiger partial charge in [0.1, 0.15) is 18.1 Å².